The van der Waals surface area contributed by atoms with E-state index in [0.29, 0.717) is 5.92 Å². The van der Waals surface area contributed by atoms with Crippen molar-refractivity contribution < 1.29 is 5.11 Å². The van der Waals surface area contributed by atoms with Gasteiger partial charge in [0.05, 0.1) is 6.04 Å². The Kier molecular flexibility index (Phi) is 2.33. The highest BCUT2D eigenvalue weighted by atomic mass is 16.3. The summed E-state index contributed by atoms with van der Waals surface area (Å²) in [5, 5.41) is 8.96. The maximum Gasteiger partial charge on any atom is 0.102 e. The molecule has 0 aromatic carbocycles. The van der Waals surface area contributed by atoms with E-state index in [4.69, 9.17) is 10.8 Å². The van der Waals surface area contributed by atoms with Gasteiger partial charge in [-0.25, -0.2) is 0 Å². The Morgan fingerprint density at radius 2 is 2.00 bits per heavy atom. The molecule has 0 aromatic rings. The van der Waals surface area contributed by atoms with E-state index in [0.717, 1.165) is 12.8 Å². The Morgan fingerprint density at radius 3 is 2.40 bits per heavy atom. The molecule has 1 rings (SSSR count). The SMILES string of the molecule is C=C(O)[C@@H](N)C1CCCC1. The van der Waals surface area contributed by atoms with Gasteiger partial charge in [-0.3, -0.25) is 0 Å². The van der Waals surface area contributed by atoms with Gasteiger partial charge in [-0.05, 0) is 18.8 Å². The van der Waals surface area contributed by atoms with E-state index < -0.39 is 0 Å². The van der Waals surface area contributed by atoms with Crippen molar-refractivity contribution >= 4 is 0 Å². The van der Waals surface area contributed by atoms with E-state index in [2.05, 4.69) is 6.58 Å². The molecule has 1 aliphatic rings. The lowest BCUT2D eigenvalue weighted by Gasteiger charge is -2.16. The minimum Gasteiger partial charge on any atom is -0.511 e. The highest BCUT2D eigenvalue weighted by molar-refractivity contribution is 4.97. The fraction of sp³-hybridized carbons (Fsp3) is 0.750. The summed E-state index contributed by atoms with van der Waals surface area (Å²) in [6.45, 7) is 3.43. The Balaban J connectivity index is 2.39. The molecule has 0 unspecified atom stereocenters. The van der Waals surface area contributed by atoms with Crippen molar-refractivity contribution in [2.24, 2.45) is 11.7 Å². The lowest BCUT2D eigenvalue weighted by atomic mass is 9.98. The molecule has 1 fully saturated rings. The molecule has 0 aliphatic heterocycles. The van der Waals surface area contributed by atoms with Gasteiger partial charge in [0, 0.05) is 0 Å². The molecule has 0 radical (unpaired) electrons. The van der Waals surface area contributed by atoms with Crippen LogP contribution in [0.1, 0.15) is 25.7 Å². The van der Waals surface area contributed by atoms with E-state index in [1.165, 1.54) is 12.8 Å². The molecule has 0 saturated heterocycles. The third-order valence-corrected chi connectivity index (χ3v) is 2.29. The highest BCUT2D eigenvalue weighted by Crippen LogP contribution is 2.28. The molecule has 1 atom stereocenters. The van der Waals surface area contributed by atoms with Gasteiger partial charge in [0.1, 0.15) is 5.76 Å². The van der Waals surface area contributed by atoms with Crippen molar-refractivity contribution in [3.63, 3.8) is 0 Å². The molecule has 0 bridgehead atoms. The summed E-state index contributed by atoms with van der Waals surface area (Å²) >= 11 is 0. The smallest absolute Gasteiger partial charge is 0.102 e. The second kappa shape index (κ2) is 3.06. The highest BCUT2D eigenvalue weighted by Gasteiger charge is 2.23. The van der Waals surface area contributed by atoms with Gasteiger partial charge in [-0.1, -0.05) is 19.4 Å². The standard InChI is InChI=1S/C8H15NO/c1-6(10)8(9)7-4-2-3-5-7/h7-8,10H,1-5,9H2/t8-/m1/s1. The number of aliphatic hydroxyl groups is 1. The molecular weight excluding hydrogens is 126 g/mol. The Hall–Kier alpha value is -0.500. The van der Waals surface area contributed by atoms with E-state index in [1.807, 2.05) is 0 Å². The van der Waals surface area contributed by atoms with Gasteiger partial charge in [-0.2, -0.15) is 0 Å². The Morgan fingerprint density at radius 1 is 1.50 bits per heavy atom. The second-order valence-corrected chi connectivity index (χ2v) is 3.06. The number of aliphatic hydroxyl groups excluding tert-OH is 1. The number of hydrogen-bond donors (Lipinski definition) is 2. The zero-order chi connectivity index (χ0) is 7.56. The van der Waals surface area contributed by atoms with Crippen molar-refractivity contribution in [3.8, 4) is 0 Å². The molecule has 2 heteroatoms. The van der Waals surface area contributed by atoms with Crippen LogP contribution in [-0.4, -0.2) is 11.1 Å². The minimum absolute atomic E-state index is 0.145. The van der Waals surface area contributed by atoms with Crippen LogP contribution in [0.15, 0.2) is 12.3 Å². The fourth-order valence-corrected chi connectivity index (χ4v) is 1.59. The summed E-state index contributed by atoms with van der Waals surface area (Å²) in [6, 6.07) is -0.178. The summed E-state index contributed by atoms with van der Waals surface area (Å²) in [6.07, 6.45) is 4.82. The number of nitrogens with two attached hydrogens (primary N) is 1. The van der Waals surface area contributed by atoms with Crippen molar-refractivity contribution in [2.75, 3.05) is 0 Å². The van der Waals surface area contributed by atoms with Gasteiger partial charge in [0.25, 0.3) is 0 Å². The predicted octanol–water partition coefficient (Wildman–Crippen LogP) is 1.58. The third-order valence-electron chi connectivity index (χ3n) is 2.29. The first kappa shape index (κ1) is 7.61. The summed E-state index contributed by atoms with van der Waals surface area (Å²) in [4.78, 5) is 0. The molecule has 10 heavy (non-hydrogen) atoms. The molecular formula is C8H15NO. The molecule has 58 valence electrons. The topological polar surface area (TPSA) is 46.2 Å². The number of hydrogen-bond acceptors (Lipinski definition) is 2. The first-order chi connectivity index (χ1) is 4.72. The van der Waals surface area contributed by atoms with Crippen molar-refractivity contribution in [1.82, 2.24) is 0 Å². The van der Waals surface area contributed by atoms with Crippen LogP contribution in [0.4, 0.5) is 0 Å². The molecule has 2 nitrogen and oxygen atoms in total. The molecule has 0 amide bonds. The molecule has 0 heterocycles. The van der Waals surface area contributed by atoms with Crippen molar-refractivity contribution in [2.45, 2.75) is 31.7 Å². The van der Waals surface area contributed by atoms with E-state index >= 15 is 0 Å². The van der Waals surface area contributed by atoms with E-state index in [9.17, 15) is 0 Å². The maximum absolute atomic E-state index is 8.96. The van der Waals surface area contributed by atoms with Gasteiger partial charge >= 0.3 is 0 Å². The molecule has 0 aromatic heterocycles. The van der Waals surface area contributed by atoms with Crippen LogP contribution in [0.5, 0.6) is 0 Å². The third kappa shape index (κ3) is 1.51. The average Bonchev–Trinajstić information content (AvgIpc) is 2.36. The van der Waals surface area contributed by atoms with Crippen LogP contribution in [0.2, 0.25) is 0 Å². The largest absolute Gasteiger partial charge is 0.511 e. The summed E-state index contributed by atoms with van der Waals surface area (Å²) in [7, 11) is 0. The molecule has 1 saturated carbocycles. The fourth-order valence-electron chi connectivity index (χ4n) is 1.59. The minimum atomic E-state index is -0.178. The van der Waals surface area contributed by atoms with Crippen molar-refractivity contribution in [3.05, 3.63) is 12.3 Å². The van der Waals surface area contributed by atoms with Crippen LogP contribution < -0.4 is 5.73 Å². The zero-order valence-electron chi connectivity index (χ0n) is 6.21. The Labute approximate surface area is 61.7 Å². The van der Waals surface area contributed by atoms with Crippen LogP contribution in [-0.2, 0) is 0 Å². The van der Waals surface area contributed by atoms with Crippen LogP contribution in [0.3, 0.4) is 0 Å². The van der Waals surface area contributed by atoms with Crippen LogP contribution in [0.25, 0.3) is 0 Å². The molecule has 0 spiro atoms. The quantitative estimate of drug-likeness (QED) is 0.573. The predicted molar refractivity (Wildman–Crippen MR) is 41.7 cm³/mol. The van der Waals surface area contributed by atoms with E-state index in [-0.39, 0.29) is 11.8 Å². The van der Waals surface area contributed by atoms with Gasteiger partial charge in [0.2, 0.25) is 0 Å². The summed E-state index contributed by atoms with van der Waals surface area (Å²) in [5.41, 5.74) is 5.67. The Bertz CT molecular complexity index is 127. The first-order valence-electron chi connectivity index (χ1n) is 3.85. The normalized spacial score (nSPS) is 22.9. The van der Waals surface area contributed by atoms with Crippen LogP contribution in [0, 0.1) is 5.92 Å². The average molecular weight is 141 g/mol. The van der Waals surface area contributed by atoms with Gasteiger partial charge in [0.15, 0.2) is 0 Å². The second-order valence-electron chi connectivity index (χ2n) is 3.06. The summed E-state index contributed by atoms with van der Waals surface area (Å²) < 4.78 is 0. The lowest BCUT2D eigenvalue weighted by Crippen LogP contribution is -2.29. The lowest BCUT2D eigenvalue weighted by molar-refractivity contribution is 0.319. The molecule has 3 N–H and O–H groups in total. The van der Waals surface area contributed by atoms with Crippen molar-refractivity contribution in [1.29, 1.82) is 0 Å². The first-order valence-corrected chi connectivity index (χ1v) is 3.85. The van der Waals surface area contributed by atoms with Crippen LogP contribution >= 0.6 is 0 Å². The summed E-state index contributed by atoms with van der Waals surface area (Å²) in [5.74, 6) is 0.629. The van der Waals surface area contributed by atoms with Gasteiger partial charge in [-0.15, -0.1) is 0 Å². The van der Waals surface area contributed by atoms with Gasteiger partial charge < -0.3 is 10.8 Å². The zero-order valence-corrected chi connectivity index (χ0v) is 6.21. The molecule has 1 aliphatic carbocycles. The monoisotopic (exact) mass is 141 g/mol. The number of rotatable bonds is 2. The maximum atomic E-state index is 8.96. The van der Waals surface area contributed by atoms with E-state index in [1.54, 1.807) is 0 Å².